The number of hydrogen-bond donors (Lipinski definition) is 1. The molecule has 0 radical (unpaired) electrons. The first kappa shape index (κ1) is 38.5. The third-order valence-corrected chi connectivity index (χ3v) is 10.9. The van der Waals surface area contributed by atoms with Crippen molar-refractivity contribution in [3.05, 3.63) is 200 Å². The molecule has 0 saturated carbocycles. The van der Waals surface area contributed by atoms with Gasteiger partial charge in [0.05, 0.1) is 6.04 Å². The second-order valence-corrected chi connectivity index (χ2v) is 14.6. The Kier molecular flexibility index (Phi) is 10.9. The molecule has 5 aromatic carbocycles. The van der Waals surface area contributed by atoms with Gasteiger partial charge in [-0.3, -0.25) is 19.0 Å². The predicted molar refractivity (Wildman–Crippen MR) is 219 cm³/mol. The molecule has 12 nitrogen and oxygen atoms in total. The number of hydrogen-bond acceptors (Lipinski definition) is 8. The van der Waals surface area contributed by atoms with Crippen LogP contribution in [0.5, 0.6) is 0 Å². The number of likely N-dealkylation sites (tertiary alicyclic amines) is 1. The molecule has 1 aromatic heterocycles. The summed E-state index contributed by atoms with van der Waals surface area (Å²) in [6.07, 6.45) is -0.383. The highest BCUT2D eigenvalue weighted by Gasteiger charge is 2.43. The number of amides is 2. The second kappa shape index (κ2) is 16.6. The van der Waals surface area contributed by atoms with E-state index in [9.17, 15) is 28.8 Å². The van der Waals surface area contributed by atoms with Crippen molar-refractivity contribution in [2.24, 2.45) is 0 Å². The topological polar surface area (TPSA) is 146 Å². The molecule has 1 aliphatic heterocycles. The number of nitrogens with one attached hydrogen (secondary N) is 1. The highest BCUT2D eigenvalue weighted by molar-refractivity contribution is 5.95. The third kappa shape index (κ3) is 7.72. The van der Waals surface area contributed by atoms with Crippen LogP contribution in [-0.4, -0.2) is 63.6 Å². The summed E-state index contributed by atoms with van der Waals surface area (Å²) < 4.78 is 13.6. The van der Waals surface area contributed by atoms with Crippen molar-refractivity contribution in [2.75, 3.05) is 19.7 Å². The minimum Gasteiger partial charge on any atom is -0.451 e. The molecule has 0 bridgehead atoms. The van der Waals surface area contributed by atoms with E-state index in [-0.39, 0.29) is 36.6 Å². The number of benzene rings is 5. The molecule has 1 saturated heterocycles. The van der Waals surface area contributed by atoms with Gasteiger partial charge in [-0.15, -0.1) is 0 Å². The molecule has 12 heteroatoms. The van der Waals surface area contributed by atoms with Crippen LogP contribution in [0.2, 0.25) is 0 Å². The van der Waals surface area contributed by atoms with Crippen molar-refractivity contribution in [3.63, 3.8) is 0 Å². The number of aromatic nitrogens is 2. The van der Waals surface area contributed by atoms with Gasteiger partial charge in [0.1, 0.15) is 19.2 Å². The van der Waals surface area contributed by atoms with Crippen molar-refractivity contribution >= 4 is 23.9 Å². The lowest BCUT2D eigenvalue weighted by Crippen LogP contribution is -2.47. The van der Waals surface area contributed by atoms with Crippen LogP contribution < -0.4 is 16.6 Å². The Morgan fingerprint density at radius 2 is 1.27 bits per heavy atom. The number of esters is 1. The summed E-state index contributed by atoms with van der Waals surface area (Å²) in [6, 6.07) is 40.1. The average Bonchev–Trinajstić information content (AvgIpc) is 3.86. The molecule has 1 N–H and O–H groups in total. The van der Waals surface area contributed by atoms with Crippen molar-refractivity contribution in [1.29, 1.82) is 0 Å². The molecule has 2 aliphatic rings. The van der Waals surface area contributed by atoms with Gasteiger partial charge >= 0.3 is 17.8 Å². The molecular weight excluding hydrogens is 749 g/mol. The molecule has 2 atom stereocenters. The van der Waals surface area contributed by atoms with Gasteiger partial charge in [0.25, 0.3) is 11.5 Å². The van der Waals surface area contributed by atoms with Gasteiger partial charge in [0.2, 0.25) is 5.91 Å². The summed E-state index contributed by atoms with van der Waals surface area (Å²) in [6.45, 7) is 0.839. The van der Waals surface area contributed by atoms with Gasteiger partial charge in [-0.2, -0.15) is 4.57 Å². The maximum atomic E-state index is 14.3. The number of fused-ring (bicyclic) bond motifs is 3. The Morgan fingerprint density at radius 1 is 0.729 bits per heavy atom. The summed E-state index contributed by atoms with van der Waals surface area (Å²) in [7, 11) is 0. The first-order valence-electron chi connectivity index (χ1n) is 19.3. The lowest BCUT2D eigenvalue weighted by molar-refractivity contribution is -0.156. The lowest BCUT2D eigenvalue weighted by atomic mass is 9.98. The third-order valence-electron chi connectivity index (χ3n) is 10.9. The molecule has 2 heterocycles. The largest absolute Gasteiger partial charge is 0.451 e. The van der Waals surface area contributed by atoms with E-state index in [1.54, 1.807) is 18.2 Å². The quantitative estimate of drug-likeness (QED) is 0.166. The van der Waals surface area contributed by atoms with Crippen LogP contribution in [-0.2, 0) is 19.1 Å². The number of carbonyl (C=O) groups is 4. The molecule has 8 rings (SSSR count). The number of ether oxygens (including phenoxy) is 2. The fourth-order valence-electron chi connectivity index (χ4n) is 8.04. The molecule has 2 amide bonds. The van der Waals surface area contributed by atoms with Gasteiger partial charge in [0, 0.05) is 36.2 Å². The smallest absolute Gasteiger partial charge is 0.407 e. The Bertz CT molecular complexity index is 2580. The number of rotatable bonds is 10. The fourth-order valence-corrected chi connectivity index (χ4v) is 8.04. The molecule has 1 aliphatic carbocycles. The number of nitrogens with zero attached hydrogens (tertiary/aromatic N) is 3. The van der Waals surface area contributed by atoms with E-state index in [4.69, 9.17) is 9.47 Å². The molecular formula is C47H40N4O8. The molecule has 0 unspecified atom stereocenters. The van der Waals surface area contributed by atoms with E-state index in [0.717, 1.165) is 22.3 Å². The number of aryl methyl sites for hydroxylation is 1. The number of alkyl carbamates (subject to hydrolysis) is 1. The zero-order chi connectivity index (χ0) is 41.0. The zero-order valence-corrected chi connectivity index (χ0v) is 32.1. The maximum absolute atomic E-state index is 14.3. The SMILES string of the molecule is Cc1cn([C@@H]2C[C@H](C(=O)OC(c3ccccc3)c3ccccc3)N(C(=O)CNC(=O)OCC3c4ccccc4-c4ccccc43)C2)c(=O)n(C(=O)c2ccccc2)c1=O. The Balaban J connectivity index is 1.05. The normalized spacial score (nSPS) is 15.7. The fraction of sp³-hybridized carbons (Fsp3) is 0.191. The van der Waals surface area contributed by atoms with E-state index in [0.29, 0.717) is 15.7 Å². The Hall–Kier alpha value is -7.34. The Morgan fingerprint density at radius 3 is 1.86 bits per heavy atom. The van der Waals surface area contributed by atoms with Crippen LogP contribution in [0.4, 0.5) is 4.79 Å². The highest BCUT2D eigenvalue weighted by atomic mass is 16.6. The molecule has 6 aromatic rings. The van der Waals surface area contributed by atoms with Gasteiger partial charge in [-0.05, 0) is 52.4 Å². The summed E-state index contributed by atoms with van der Waals surface area (Å²) in [4.78, 5) is 83.6. The molecule has 59 heavy (non-hydrogen) atoms. The van der Waals surface area contributed by atoms with Crippen LogP contribution >= 0.6 is 0 Å². The van der Waals surface area contributed by atoms with E-state index in [1.165, 1.54) is 34.7 Å². The van der Waals surface area contributed by atoms with E-state index < -0.39 is 59.9 Å². The first-order chi connectivity index (χ1) is 28.7. The average molecular weight is 789 g/mol. The second-order valence-electron chi connectivity index (χ2n) is 14.6. The Labute approximate surface area is 339 Å². The minimum atomic E-state index is -1.20. The number of carbonyl (C=O) groups excluding carboxylic acids is 4. The lowest BCUT2D eigenvalue weighted by Gasteiger charge is -2.26. The summed E-state index contributed by atoms with van der Waals surface area (Å²) in [5.41, 5.74) is 4.19. The van der Waals surface area contributed by atoms with Crippen LogP contribution in [0.15, 0.2) is 155 Å². The van der Waals surface area contributed by atoms with E-state index in [2.05, 4.69) is 5.32 Å². The van der Waals surface area contributed by atoms with Gasteiger partial charge in [-0.25, -0.2) is 14.4 Å². The molecule has 0 spiro atoms. The molecule has 1 fully saturated rings. The van der Waals surface area contributed by atoms with Crippen molar-refractivity contribution in [1.82, 2.24) is 19.4 Å². The monoisotopic (exact) mass is 788 g/mol. The van der Waals surface area contributed by atoms with Gasteiger partial charge in [-0.1, -0.05) is 127 Å². The minimum absolute atomic E-state index is 0.0365. The van der Waals surface area contributed by atoms with Crippen LogP contribution in [0, 0.1) is 6.92 Å². The molecule has 296 valence electrons. The summed E-state index contributed by atoms with van der Waals surface area (Å²) >= 11 is 0. The van der Waals surface area contributed by atoms with E-state index in [1.807, 2.05) is 109 Å². The maximum Gasteiger partial charge on any atom is 0.407 e. The van der Waals surface area contributed by atoms with Crippen LogP contribution in [0.25, 0.3) is 11.1 Å². The van der Waals surface area contributed by atoms with Crippen LogP contribution in [0.3, 0.4) is 0 Å². The van der Waals surface area contributed by atoms with Gasteiger partial charge < -0.3 is 19.7 Å². The predicted octanol–water partition coefficient (Wildman–Crippen LogP) is 6.02. The van der Waals surface area contributed by atoms with Crippen molar-refractivity contribution in [2.45, 2.75) is 37.5 Å². The first-order valence-corrected chi connectivity index (χ1v) is 19.3. The van der Waals surface area contributed by atoms with Crippen molar-refractivity contribution < 1.29 is 28.7 Å². The van der Waals surface area contributed by atoms with Crippen molar-refractivity contribution in [3.8, 4) is 11.1 Å². The zero-order valence-electron chi connectivity index (χ0n) is 32.1. The summed E-state index contributed by atoms with van der Waals surface area (Å²) in [5, 5.41) is 2.54. The van der Waals surface area contributed by atoms with Gasteiger partial charge in [0.15, 0.2) is 6.10 Å². The highest BCUT2D eigenvalue weighted by Crippen LogP contribution is 2.44. The standard InChI is InChI=1S/C47H40N4O8/c1-30-27-49(47(57)51(43(30)53)44(54)33-19-9-4-10-20-33)34-25-40(45(55)59-42(31-15-5-2-6-16-31)32-17-7-3-8-18-32)50(28-34)41(52)26-48-46(56)58-29-39-37-23-13-11-21-35(37)36-22-12-14-24-38(36)39/h2-24,27,34,39-40,42H,25-26,28-29H2,1H3,(H,48,56)/t34-,40-/m1/s1. The van der Waals surface area contributed by atoms with E-state index >= 15 is 0 Å². The summed E-state index contributed by atoms with van der Waals surface area (Å²) in [5.74, 6) is -2.36. The van der Waals surface area contributed by atoms with Crippen LogP contribution in [0.1, 0.15) is 62.7 Å².